The maximum atomic E-state index is 11.5. The predicted octanol–water partition coefficient (Wildman–Crippen LogP) is 1.29. The normalized spacial score (nSPS) is 9.47. The number of esters is 1. The van der Waals surface area contributed by atoms with E-state index in [1.807, 2.05) is 0 Å². The lowest BCUT2D eigenvalue weighted by Crippen LogP contribution is -2.19. The average molecular weight is 252 g/mol. The maximum absolute atomic E-state index is 11.5. The van der Waals surface area contributed by atoms with E-state index in [0.717, 1.165) is 5.56 Å². The van der Waals surface area contributed by atoms with Crippen LogP contribution in [0.3, 0.4) is 0 Å². The van der Waals surface area contributed by atoms with E-state index in [1.54, 1.807) is 37.3 Å². The van der Waals surface area contributed by atoms with Crippen LogP contribution in [0.5, 0.6) is 0 Å². The molecular formula is C12H12O4S. The summed E-state index contributed by atoms with van der Waals surface area (Å²) < 4.78 is 26.7. The first-order valence-corrected chi connectivity index (χ1v) is 6.03. The van der Waals surface area contributed by atoms with Crippen molar-refractivity contribution >= 4 is 27.2 Å². The van der Waals surface area contributed by atoms with E-state index in [-0.39, 0.29) is 11.5 Å². The van der Waals surface area contributed by atoms with Crippen LogP contribution in [0.4, 0.5) is 0 Å². The third kappa shape index (κ3) is 3.29. The summed E-state index contributed by atoms with van der Waals surface area (Å²) in [5.74, 6) is -0.841. The molecule has 90 valence electrons. The third-order valence-electron chi connectivity index (χ3n) is 2.04. The first kappa shape index (κ1) is 13.2. The molecule has 1 aromatic rings. The zero-order valence-corrected chi connectivity index (χ0v) is 10.2. The van der Waals surface area contributed by atoms with Gasteiger partial charge < -0.3 is 4.74 Å². The third-order valence-corrected chi connectivity index (χ3v) is 2.77. The van der Waals surface area contributed by atoms with E-state index in [2.05, 4.69) is 11.3 Å². The van der Waals surface area contributed by atoms with Gasteiger partial charge in [-0.1, -0.05) is 36.9 Å². The van der Waals surface area contributed by atoms with Gasteiger partial charge in [0.15, 0.2) is 4.86 Å². The number of carbonyl (C=O) groups is 1. The van der Waals surface area contributed by atoms with E-state index < -0.39 is 16.3 Å². The molecule has 0 unspecified atom stereocenters. The summed E-state index contributed by atoms with van der Waals surface area (Å²) >= 11 is 0. The van der Waals surface area contributed by atoms with E-state index in [0.29, 0.717) is 5.56 Å². The lowest BCUT2D eigenvalue weighted by atomic mass is 10.1. The highest BCUT2D eigenvalue weighted by atomic mass is 32.2. The number of carbonyl (C=O) groups excluding carboxylic acids is 1. The first-order chi connectivity index (χ1) is 8.10. The van der Waals surface area contributed by atoms with Crippen molar-refractivity contribution in [1.29, 1.82) is 0 Å². The molecule has 0 bridgehead atoms. The fourth-order valence-corrected chi connectivity index (χ4v) is 1.77. The van der Waals surface area contributed by atoms with Gasteiger partial charge in [0.25, 0.3) is 0 Å². The monoisotopic (exact) mass is 252 g/mol. The first-order valence-electron chi connectivity index (χ1n) is 4.96. The Morgan fingerprint density at radius 2 is 1.94 bits per heavy atom. The van der Waals surface area contributed by atoms with Gasteiger partial charge in [-0.2, -0.15) is 8.42 Å². The van der Waals surface area contributed by atoms with Crippen molar-refractivity contribution < 1.29 is 17.9 Å². The highest BCUT2D eigenvalue weighted by molar-refractivity contribution is 7.75. The van der Waals surface area contributed by atoms with Gasteiger partial charge >= 0.3 is 5.97 Å². The fourth-order valence-electron chi connectivity index (χ4n) is 1.25. The molecule has 0 radical (unpaired) electrons. The van der Waals surface area contributed by atoms with Crippen LogP contribution in [0.15, 0.2) is 30.8 Å². The number of benzene rings is 1. The van der Waals surface area contributed by atoms with Crippen molar-refractivity contribution in [3.05, 3.63) is 42.0 Å². The highest BCUT2D eigenvalue weighted by Crippen LogP contribution is 2.07. The molecule has 0 heterocycles. The molecule has 17 heavy (non-hydrogen) atoms. The minimum absolute atomic E-state index is 0.129. The number of hydrogen-bond acceptors (Lipinski definition) is 4. The number of hydrogen-bond donors (Lipinski definition) is 0. The summed E-state index contributed by atoms with van der Waals surface area (Å²) in [6.45, 7) is 5.33. The van der Waals surface area contributed by atoms with Crippen LogP contribution in [0.1, 0.15) is 18.1 Å². The van der Waals surface area contributed by atoms with Gasteiger partial charge in [0, 0.05) is 5.56 Å². The van der Waals surface area contributed by atoms with Crippen molar-refractivity contribution in [1.82, 2.24) is 0 Å². The molecule has 0 aliphatic rings. The van der Waals surface area contributed by atoms with E-state index in [9.17, 15) is 13.2 Å². The maximum Gasteiger partial charge on any atom is 0.354 e. The molecule has 0 aliphatic heterocycles. The van der Waals surface area contributed by atoms with Crippen molar-refractivity contribution in [2.75, 3.05) is 6.61 Å². The molecular weight excluding hydrogens is 240 g/mol. The molecule has 1 rings (SSSR count). The Morgan fingerprint density at radius 3 is 2.35 bits per heavy atom. The van der Waals surface area contributed by atoms with Crippen molar-refractivity contribution in [3.8, 4) is 0 Å². The second kappa shape index (κ2) is 6.00. The Morgan fingerprint density at radius 1 is 1.35 bits per heavy atom. The summed E-state index contributed by atoms with van der Waals surface area (Å²) in [5.41, 5.74) is 1.15. The summed E-state index contributed by atoms with van der Waals surface area (Å²) in [6, 6.07) is 6.43. The van der Waals surface area contributed by atoms with Crippen LogP contribution >= 0.6 is 0 Å². The molecule has 4 nitrogen and oxygen atoms in total. The molecule has 0 amide bonds. The Hall–Kier alpha value is -1.88. The Labute approximate surface area is 101 Å². The minimum atomic E-state index is -2.63. The highest BCUT2D eigenvalue weighted by Gasteiger charge is 2.16. The van der Waals surface area contributed by atoms with Crippen molar-refractivity contribution in [2.24, 2.45) is 0 Å². The van der Waals surface area contributed by atoms with E-state index >= 15 is 0 Å². The molecule has 1 aromatic carbocycles. The van der Waals surface area contributed by atoms with Gasteiger partial charge in [0.05, 0.1) is 6.61 Å². The minimum Gasteiger partial charge on any atom is -0.462 e. The van der Waals surface area contributed by atoms with Gasteiger partial charge in [-0.15, -0.1) is 0 Å². The molecule has 0 saturated heterocycles. The van der Waals surface area contributed by atoms with E-state index in [1.165, 1.54) is 0 Å². The van der Waals surface area contributed by atoms with Crippen LogP contribution in [0.25, 0.3) is 6.08 Å². The Kier molecular flexibility index (Phi) is 4.66. The number of rotatable bonds is 4. The zero-order chi connectivity index (χ0) is 12.8. The SMILES string of the molecule is C=Cc1ccc(C(C(=O)OCC)=S(=O)=O)cc1. The lowest BCUT2D eigenvalue weighted by molar-refractivity contribution is -0.134. The molecule has 0 aliphatic carbocycles. The summed E-state index contributed by atoms with van der Waals surface area (Å²) in [6.07, 6.45) is 1.63. The topological polar surface area (TPSA) is 60.4 Å². The standard InChI is InChI=1S/C12H12O4S/c1-3-9-5-7-10(8-6-9)11(17(14)15)12(13)16-4-2/h3,5-8H,1,4H2,2H3. The lowest BCUT2D eigenvalue weighted by Gasteiger charge is -2.03. The van der Waals surface area contributed by atoms with Gasteiger partial charge in [-0.05, 0) is 12.5 Å². The second-order valence-electron chi connectivity index (χ2n) is 3.11. The van der Waals surface area contributed by atoms with E-state index in [4.69, 9.17) is 0 Å². The molecule has 0 atom stereocenters. The van der Waals surface area contributed by atoms with Crippen LogP contribution in [-0.2, 0) is 19.8 Å². The van der Waals surface area contributed by atoms with Gasteiger partial charge in [-0.25, -0.2) is 4.79 Å². The average Bonchev–Trinajstić information content (AvgIpc) is 2.30. The van der Waals surface area contributed by atoms with Crippen LogP contribution in [0.2, 0.25) is 0 Å². The summed E-state index contributed by atoms with van der Waals surface area (Å²) in [5, 5.41) is 0. The van der Waals surface area contributed by atoms with Gasteiger partial charge in [0.2, 0.25) is 10.3 Å². The van der Waals surface area contributed by atoms with Crippen LogP contribution < -0.4 is 0 Å². The zero-order valence-electron chi connectivity index (χ0n) is 9.34. The predicted molar refractivity (Wildman–Crippen MR) is 66.2 cm³/mol. The molecule has 0 spiro atoms. The summed E-state index contributed by atoms with van der Waals surface area (Å²) in [4.78, 5) is 11.1. The van der Waals surface area contributed by atoms with Crippen molar-refractivity contribution in [3.63, 3.8) is 0 Å². The smallest absolute Gasteiger partial charge is 0.354 e. The molecule has 0 saturated carbocycles. The summed E-state index contributed by atoms with van der Waals surface area (Å²) in [7, 11) is -2.63. The Balaban J connectivity index is 3.21. The van der Waals surface area contributed by atoms with Gasteiger partial charge in [-0.3, -0.25) is 0 Å². The van der Waals surface area contributed by atoms with Crippen LogP contribution in [0, 0.1) is 0 Å². The quantitative estimate of drug-likeness (QED) is 0.460. The van der Waals surface area contributed by atoms with Crippen LogP contribution in [-0.4, -0.2) is 25.9 Å². The molecule has 0 aromatic heterocycles. The molecule has 0 fully saturated rings. The Bertz CT molecular complexity index is 545. The largest absolute Gasteiger partial charge is 0.462 e. The number of ether oxygens (including phenoxy) is 1. The fraction of sp³-hybridized carbons (Fsp3) is 0.167. The second-order valence-corrected chi connectivity index (χ2v) is 3.99. The van der Waals surface area contributed by atoms with Gasteiger partial charge in [0.1, 0.15) is 0 Å². The molecule has 5 heteroatoms. The molecule has 0 N–H and O–H groups in total. The van der Waals surface area contributed by atoms with Crippen molar-refractivity contribution in [2.45, 2.75) is 6.92 Å².